The Morgan fingerprint density at radius 1 is 1.50 bits per heavy atom. The maximum absolute atomic E-state index is 5.15. The van der Waals surface area contributed by atoms with Gasteiger partial charge >= 0.3 is 88.8 Å². The Morgan fingerprint density at radius 2 is 2.20 bits per heavy atom. The third-order valence-electron chi connectivity index (χ3n) is 1.33. The van der Waals surface area contributed by atoms with E-state index in [1.165, 1.54) is 6.42 Å². The first kappa shape index (κ1) is 11.6. The zero-order valence-electron chi connectivity index (χ0n) is 7.10. The monoisotopic (exact) mass is 358 g/mol. The molecule has 1 nitrogen and oxygen atoms in total. The molecule has 0 aliphatic heterocycles. The molecule has 0 saturated carbocycles. The van der Waals surface area contributed by atoms with Crippen LogP contribution in [0, 0.1) is 5.92 Å². The summed E-state index contributed by atoms with van der Waals surface area (Å²) < 4.78 is 8.26. The topological polar surface area (TPSA) is 9.23 Å². The van der Waals surface area contributed by atoms with Crippen LogP contribution in [0.5, 0.6) is 0 Å². The van der Waals surface area contributed by atoms with E-state index in [4.69, 9.17) is 3.07 Å². The molecular weight excluding hydrogens is 337 g/mol. The van der Waals surface area contributed by atoms with Crippen molar-refractivity contribution in [2.45, 2.75) is 29.1 Å². The molecule has 2 radical (unpaired) electrons. The molecule has 0 bridgehead atoms. The molecular formula is C7H18OSn2. The average molecular weight is 356 g/mol. The second-order valence-corrected chi connectivity index (χ2v) is 8.77. The van der Waals surface area contributed by atoms with Crippen molar-refractivity contribution in [2.75, 3.05) is 6.61 Å². The molecule has 0 unspecified atom stereocenters. The van der Waals surface area contributed by atoms with Crippen molar-refractivity contribution in [3.63, 3.8) is 0 Å². The Balaban J connectivity index is 2.77. The molecule has 0 rings (SSSR count). The zero-order valence-corrected chi connectivity index (χ0v) is 14.4. The van der Waals surface area contributed by atoms with Gasteiger partial charge in [0.2, 0.25) is 0 Å². The van der Waals surface area contributed by atoms with Crippen molar-refractivity contribution >= 4 is 44.1 Å². The molecule has 0 N–H and O–H groups in total. The first-order valence-electron chi connectivity index (χ1n) is 3.96. The van der Waals surface area contributed by atoms with Crippen molar-refractivity contribution in [3.05, 3.63) is 0 Å². The van der Waals surface area contributed by atoms with Gasteiger partial charge in [0.25, 0.3) is 0 Å². The predicted octanol–water partition coefficient (Wildman–Crippen LogP) is 0.870. The van der Waals surface area contributed by atoms with Gasteiger partial charge in [-0.3, -0.25) is 0 Å². The Bertz CT molecular complexity index is 66.6. The van der Waals surface area contributed by atoms with Gasteiger partial charge in [-0.1, -0.05) is 0 Å². The quantitative estimate of drug-likeness (QED) is 0.507. The van der Waals surface area contributed by atoms with Gasteiger partial charge in [0.15, 0.2) is 0 Å². The molecule has 0 spiro atoms. The SMILES string of the molecule is CC(C)[CH2][SnH][CH2]CC[O][SnH2]. The first-order valence-corrected chi connectivity index (χ1v) is 10.3. The summed E-state index contributed by atoms with van der Waals surface area (Å²) in [7, 11) is 0. The van der Waals surface area contributed by atoms with Gasteiger partial charge in [0.05, 0.1) is 0 Å². The minimum atomic E-state index is -0.122. The van der Waals surface area contributed by atoms with E-state index in [0.717, 1.165) is 35.5 Å². The summed E-state index contributed by atoms with van der Waals surface area (Å²) in [6, 6.07) is 0. The van der Waals surface area contributed by atoms with Gasteiger partial charge < -0.3 is 0 Å². The summed E-state index contributed by atoms with van der Waals surface area (Å²) in [6.07, 6.45) is 1.35. The average Bonchev–Trinajstić information content (AvgIpc) is 1.87. The van der Waals surface area contributed by atoms with Crippen molar-refractivity contribution in [1.82, 2.24) is 0 Å². The molecule has 0 heterocycles. The minimum absolute atomic E-state index is 0.122. The van der Waals surface area contributed by atoms with E-state index < -0.39 is 0 Å². The molecule has 0 atom stereocenters. The van der Waals surface area contributed by atoms with Crippen LogP contribution in [0.15, 0.2) is 0 Å². The van der Waals surface area contributed by atoms with Gasteiger partial charge in [-0.05, 0) is 0 Å². The molecule has 3 heteroatoms. The Morgan fingerprint density at radius 3 is 2.70 bits per heavy atom. The number of hydrogen-bond donors (Lipinski definition) is 0. The second-order valence-electron chi connectivity index (χ2n) is 2.97. The molecule has 0 aliphatic rings. The summed E-state index contributed by atoms with van der Waals surface area (Å²) in [5.74, 6) is 0.959. The van der Waals surface area contributed by atoms with Gasteiger partial charge in [0, 0.05) is 0 Å². The Labute approximate surface area is 88.1 Å². The second kappa shape index (κ2) is 8.65. The van der Waals surface area contributed by atoms with Crippen LogP contribution in [-0.4, -0.2) is 50.7 Å². The molecule has 10 heavy (non-hydrogen) atoms. The van der Waals surface area contributed by atoms with Crippen LogP contribution in [0.2, 0.25) is 8.87 Å². The van der Waals surface area contributed by atoms with Crippen molar-refractivity contribution in [3.8, 4) is 0 Å². The van der Waals surface area contributed by atoms with Gasteiger partial charge in [-0.2, -0.15) is 0 Å². The van der Waals surface area contributed by atoms with Gasteiger partial charge in [-0.15, -0.1) is 0 Å². The Kier molecular flexibility index (Phi) is 10.00. The first-order chi connectivity index (χ1) is 4.77. The summed E-state index contributed by atoms with van der Waals surface area (Å²) in [5, 5.41) is 0. The van der Waals surface area contributed by atoms with Gasteiger partial charge in [-0.25, -0.2) is 0 Å². The summed E-state index contributed by atoms with van der Waals surface area (Å²) in [6.45, 7) is 5.71. The van der Waals surface area contributed by atoms with E-state index in [2.05, 4.69) is 13.8 Å². The molecule has 0 fully saturated rings. The van der Waals surface area contributed by atoms with Crippen molar-refractivity contribution in [1.29, 1.82) is 0 Å². The van der Waals surface area contributed by atoms with Gasteiger partial charge in [0.1, 0.15) is 0 Å². The van der Waals surface area contributed by atoms with E-state index in [9.17, 15) is 0 Å². The van der Waals surface area contributed by atoms with Crippen LogP contribution in [0.3, 0.4) is 0 Å². The zero-order chi connectivity index (χ0) is 7.82. The molecule has 60 valence electrons. The Hall–Kier alpha value is 1.56. The molecule has 0 aliphatic carbocycles. The van der Waals surface area contributed by atoms with Crippen LogP contribution in [0.4, 0.5) is 0 Å². The fraction of sp³-hybridized carbons (Fsp3) is 1.00. The van der Waals surface area contributed by atoms with Crippen molar-refractivity contribution in [2.24, 2.45) is 5.92 Å². The molecule has 0 aromatic heterocycles. The number of hydrogen-bond acceptors (Lipinski definition) is 1. The van der Waals surface area contributed by atoms with E-state index in [0.29, 0.717) is 0 Å². The fourth-order valence-corrected chi connectivity index (χ4v) is 5.24. The summed E-state index contributed by atoms with van der Waals surface area (Å²) >= 11 is 0.610. The van der Waals surface area contributed by atoms with Crippen LogP contribution in [-0.2, 0) is 3.07 Å². The maximum atomic E-state index is 5.15. The predicted molar refractivity (Wildman–Crippen MR) is 50.7 cm³/mol. The van der Waals surface area contributed by atoms with E-state index >= 15 is 0 Å². The van der Waals surface area contributed by atoms with Crippen LogP contribution < -0.4 is 0 Å². The van der Waals surface area contributed by atoms with E-state index in [1.807, 2.05) is 0 Å². The van der Waals surface area contributed by atoms with Crippen LogP contribution >= 0.6 is 0 Å². The van der Waals surface area contributed by atoms with Crippen LogP contribution in [0.1, 0.15) is 20.3 Å². The fourth-order valence-electron chi connectivity index (χ4n) is 0.781. The van der Waals surface area contributed by atoms with Crippen molar-refractivity contribution < 1.29 is 3.07 Å². The van der Waals surface area contributed by atoms with Crippen LogP contribution in [0.25, 0.3) is 0 Å². The third kappa shape index (κ3) is 9.56. The van der Waals surface area contributed by atoms with E-state index in [-0.39, 0.29) is 21.1 Å². The van der Waals surface area contributed by atoms with E-state index in [1.54, 1.807) is 8.87 Å². The normalized spacial score (nSPS) is 10.8. The number of rotatable bonds is 6. The standard InChI is InChI=1S/C4H9.C3H6O.2Sn.3H/c1-4(2)3;1-2-3-4;;;;;/h4H,1H2,2-3H3;1-3H2;;;;;/q;-1;;+1;;;. The summed E-state index contributed by atoms with van der Waals surface area (Å²) in [5.41, 5.74) is 0. The molecule has 0 aromatic carbocycles. The molecule has 0 saturated heterocycles. The third-order valence-corrected chi connectivity index (χ3v) is 8.13. The molecule has 0 amide bonds. The molecule has 0 aromatic rings. The summed E-state index contributed by atoms with van der Waals surface area (Å²) in [4.78, 5) is 0.